The number of aliphatic hydroxyl groups is 3. The van der Waals surface area contributed by atoms with Crippen molar-refractivity contribution < 1.29 is 41.8 Å². The predicted molar refractivity (Wildman–Crippen MR) is 89.6 cm³/mol. The van der Waals surface area contributed by atoms with Gasteiger partial charge < -0.3 is 37.0 Å². The monoisotopic (exact) mass is 434 g/mol. The van der Waals surface area contributed by atoms with Crippen molar-refractivity contribution in [1.82, 2.24) is 15.0 Å². The third-order valence-corrected chi connectivity index (χ3v) is 4.34. The Morgan fingerprint density at radius 2 is 1.59 bits per heavy atom. The first-order valence-corrected chi connectivity index (χ1v) is 8.32. The molecule has 1 aromatic heterocycles. The number of halogens is 1. The van der Waals surface area contributed by atoms with Gasteiger partial charge in [0.1, 0.15) is 24.0 Å². The van der Waals surface area contributed by atoms with E-state index in [1.54, 1.807) is 9.59 Å². The standard InChI is InChI=1S/C18H19N4O4.BrH/c23-11-14-15(24)16(25)17(26-14)18-19-21(12-7-3-1-4-8-12)22(20-18)13-9-5-2-6-10-13;/h1-10,14-17,23-25H,11H2;1H/q+1;/p-1. The van der Waals surface area contributed by atoms with Crippen molar-refractivity contribution in [2.75, 3.05) is 6.61 Å². The van der Waals surface area contributed by atoms with E-state index in [9.17, 15) is 15.3 Å². The highest BCUT2D eigenvalue weighted by Gasteiger charge is 2.48. The molecule has 8 nitrogen and oxygen atoms in total. The zero-order valence-corrected chi connectivity index (χ0v) is 15.8. The summed E-state index contributed by atoms with van der Waals surface area (Å²) >= 11 is 0. The Balaban J connectivity index is 0.00000210. The molecule has 2 aromatic carbocycles. The van der Waals surface area contributed by atoms with Crippen LogP contribution in [-0.4, -0.2) is 55.2 Å². The van der Waals surface area contributed by atoms with Gasteiger partial charge in [0.05, 0.1) is 11.7 Å². The maximum atomic E-state index is 10.3. The lowest BCUT2D eigenvalue weighted by atomic mass is 10.1. The van der Waals surface area contributed by atoms with Crippen molar-refractivity contribution in [1.29, 1.82) is 0 Å². The maximum absolute atomic E-state index is 10.3. The fraction of sp³-hybridized carbons (Fsp3) is 0.278. The van der Waals surface area contributed by atoms with Crippen LogP contribution >= 0.6 is 0 Å². The lowest BCUT2D eigenvalue weighted by molar-refractivity contribution is -0.735. The van der Waals surface area contributed by atoms with E-state index in [1.807, 2.05) is 60.7 Å². The molecule has 4 atom stereocenters. The Morgan fingerprint density at radius 1 is 0.963 bits per heavy atom. The van der Waals surface area contributed by atoms with E-state index < -0.39 is 31.0 Å². The van der Waals surface area contributed by atoms with Gasteiger partial charge in [-0.15, -0.1) is 0 Å². The van der Waals surface area contributed by atoms with Crippen molar-refractivity contribution in [3.63, 3.8) is 0 Å². The lowest BCUT2D eigenvalue weighted by Crippen LogP contribution is -3.00. The molecule has 1 fully saturated rings. The smallest absolute Gasteiger partial charge is 0.340 e. The molecule has 1 aliphatic heterocycles. The number of ether oxygens (including phenoxy) is 1. The van der Waals surface area contributed by atoms with Crippen molar-refractivity contribution in [3.8, 4) is 11.4 Å². The zero-order valence-electron chi connectivity index (χ0n) is 14.2. The second kappa shape index (κ2) is 8.24. The summed E-state index contributed by atoms with van der Waals surface area (Å²) in [5.41, 5.74) is 1.56. The van der Waals surface area contributed by atoms with Crippen LogP contribution in [0.2, 0.25) is 0 Å². The summed E-state index contributed by atoms with van der Waals surface area (Å²) in [7, 11) is 0. The predicted octanol–water partition coefficient (Wildman–Crippen LogP) is -3.30. The summed E-state index contributed by atoms with van der Waals surface area (Å²) in [6.45, 7) is -0.396. The normalized spacial score (nSPS) is 24.6. The summed E-state index contributed by atoms with van der Waals surface area (Å²) < 4.78 is 5.56. The van der Waals surface area contributed by atoms with Crippen molar-refractivity contribution in [2.24, 2.45) is 0 Å². The Morgan fingerprint density at radius 3 is 2.19 bits per heavy atom. The number of rotatable bonds is 4. The topological polar surface area (TPSA) is 105 Å². The lowest BCUT2D eigenvalue weighted by Gasteiger charge is -2.10. The molecule has 0 amide bonds. The average molecular weight is 435 g/mol. The van der Waals surface area contributed by atoms with Crippen LogP contribution in [-0.2, 0) is 4.74 Å². The van der Waals surface area contributed by atoms with Crippen LogP contribution in [0.4, 0.5) is 0 Å². The molecule has 4 unspecified atom stereocenters. The van der Waals surface area contributed by atoms with E-state index in [0.29, 0.717) is 0 Å². The first-order valence-electron chi connectivity index (χ1n) is 8.32. The molecule has 2 heterocycles. The fourth-order valence-corrected chi connectivity index (χ4v) is 2.98. The second-order valence-electron chi connectivity index (χ2n) is 6.07. The number of hydrogen-bond donors (Lipinski definition) is 3. The third kappa shape index (κ3) is 3.64. The van der Waals surface area contributed by atoms with Crippen LogP contribution in [0.1, 0.15) is 11.9 Å². The maximum Gasteiger partial charge on any atom is 0.340 e. The number of tetrazole rings is 1. The van der Waals surface area contributed by atoms with E-state index in [4.69, 9.17) is 4.74 Å². The first kappa shape index (κ1) is 19.6. The van der Waals surface area contributed by atoms with Gasteiger partial charge in [-0.3, -0.25) is 0 Å². The molecule has 1 aliphatic rings. The van der Waals surface area contributed by atoms with E-state index >= 15 is 0 Å². The van der Waals surface area contributed by atoms with Crippen LogP contribution in [0.3, 0.4) is 0 Å². The number of aliphatic hydroxyl groups excluding tert-OH is 3. The number of hydrogen-bond acceptors (Lipinski definition) is 6. The van der Waals surface area contributed by atoms with Crippen molar-refractivity contribution in [2.45, 2.75) is 24.4 Å². The molecular weight excluding hydrogens is 416 g/mol. The molecule has 0 radical (unpaired) electrons. The van der Waals surface area contributed by atoms with Gasteiger partial charge in [-0.1, -0.05) is 36.4 Å². The van der Waals surface area contributed by atoms with E-state index in [-0.39, 0.29) is 22.8 Å². The van der Waals surface area contributed by atoms with Crippen LogP contribution in [0.25, 0.3) is 11.4 Å². The van der Waals surface area contributed by atoms with E-state index in [0.717, 1.165) is 11.4 Å². The van der Waals surface area contributed by atoms with Gasteiger partial charge in [0.15, 0.2) is 11.8 Å². The third-order valence-electron chi connectivity index (χ3n) is 4.34. The Hall–Kier alpha value is -2.17. The fourth-order valence-electron chi connectivity index (χ4n) is 2.98. The number of aromatic nitrogens is 4. The highest BCUT2D eigenvalue weighted by atomic mass is 79.9. The number of benzene rings is 2. The Labute approximate surface area is 166 Å². The molecule has 27 heavy (non-hydrogen) atoms. The second-order valence-corrected chi connectivity index (χ2v) is 6.07. The quantitative estimate of drug-likeness (QED) is 0.371. The Bertz CT molecular complexity index is 821. The summed E-state index contributed by atoms with van der Waals surface area (Å²) in [6.07, 6.45) is -4.22. The molecule has 0 bridgehead atoms. The molecule has 0 spiro atoms. The van der Waals surface area contributed by atoms with Gasteiger partial charge >= 0.3 is 5.82 Å². The van der Waals surface area contributed by atoms with Gasteiger partial charge in [0.25, 0.3) is 0 Å². The molecule has 0 saturated carbocycles. The minimum Gasteiger partial charge on any atom is -1.00 e. The molecule has 3 aromatic rings. The van der Waals surface area contributed by atoms with E-state index in [2.05, 4.69) is 10.2 Å². The SMILES string of the molecule is OCC1OC(c2nn(-c3ccccc3)[n+](-c3ccccc3)n2)C(O)C1O.[Br-]. The van der Waals surface area contributed by atoms with Gasteiger partial charge in [0, 0.05) is 4.80 Å². The summed E-state index contributed by atoms with van der Waals surface area (Å²) in [4.78, 5) is 3.19. The molecule has 142 valence electrons. The molecule has 4 rings (SSSR count). The van der Waals surface area contributed by atoms with E-state index in [1.165, 1.54) is 0 Å². The zero-order chi connectivity index (χ0) is 18.1. The molecular formula is C18H19BrN4O4. The summed E-state index contributed by atoms with van der Waals surface area (Å²) in [5.74, 6) is 0.222. The average Bonchev–Trinajstić information content (AvgIpc) is 3.25. The summed E-state index contributed by atoms with van der Waals surface area (Å²) in [5, 5.41) is 38.5. The highest BCUT2D eigenvalue weighted by Crippen LogP contribution is 2.31. The van der Waals surface area contributed by atoms with Gasteiger partial charge in [0.2, 0.25) is 0 Å². The van der Waals surface area contributed by atoms with Crippen LogP contribution in [0.15, 0.2) is 60.7 Å². The van der Waals surface area contributed by atoms with Crippen molar-refractivity contribution >= 4 is 0 Å². The number of para-hydroxylation sites is 2. The van der Waals surface area contributed by atoms with Crippen LogP contribution in [0, 0.1) is 0 Å². The van der Waals surface area contributed by atoms with Gasteiger partial charge in [-0.2, -0.15) is 0 Å². The van der Waals surface area contributed by atoms with Gasteiger partial charge in [-0.05, 0) is 34.2 Å². The molecule has 9 heteroatoms. The largest absolute Gasteiger partial charge is 1.00 e. The summed E-state index contributed by atoms with van der Waals surface area (Å²) in [6, 6.07) is 18.9. The molecule has 3 N–H and O–H groups in total. The minimum absolute atomic E-state index is 0. The molecule has 0 aliphatic carbocycles. The highest BCUT2D eigenvalue weighted by molar-refractivity contribution is 5.28. The minimum atomic E-state index is -1.22. The van der Waals surface area contributed by atoms with Crippen LogP contribution < -0.4 is 21.8 Å². The van der Waals surface area contributed by atoms with Crippen molar-refractivity contribution in [3.05, 3.63) is 66.5 Å². The Kier molecular flexibility index (Phi) is 5.98. The van der Waals surface area contributed by atoms with Crippen LogP contribution in [0.5, 0.6) is 0 Å². The number of nitrogens with zero attached hydrogens (tertiary/aromatic N) is 4. The first-order chi connectivity index (χ1) is 12.7. The van der Waals surface area contributed by atoms with Gasteiger partial charge in [-0.25, -0.2) is 0 Å². The molecule has 1 saturated heterocycles.